The highest BCUT2D eigenvalue weighted by Gasteiger charge is 2.08. The van der Waals surface area contributed by atoms with Gasteiger partial charge < -0.3 is 19.9 Å². The van der Waals surface area contributed by atoms with Crippen molar-refractivity contribution in [3.63, 3.8) is 0 Å². The predicted octanol–water partition coefficient (Wildman–Crippen LogP) is 1.35. The Labute approximate surface area is 89.9 Å². The van der Waals surface area contributed by atoms with Gasteiger partial charge in [0, 0.05) is 24.2 Å². The number of rotatable bonds is 5. The number of nitrogens with two attached hydrogens (primary N) is 1. The SMILES string of the molecule is COc1cc(OCCN)cc(OC)c1C. The lowest BCUT2D eigenvalue weighted by Crippen LogP contribution is -2.10. The van der Waals surface area contributed by atoms with Crippen molar-refractivity contribution < 1.29 is 14.2 Å². The maximum absolute atomic E-state index is 5.41. The zero-order chi connectivity index (χ0) is 11.3. The minimum atomic E-state index is 0.482. The molecule has 84 valence electrons. The minimum Gasteiger partial charge on any atom is -0.496 e. The molecule has 1 rings (SSSR count). The van der Waals surface area contributed by atoms with Crippen molar-refractivity contribution in [2.75, 3.05) is 27.4 Å². The lowest BCUT2D eigenvalue weighted by Gasteiger charge is -2.12. The van der Waals surface area contributed by atoms with E-state index in [0.29, 0.717) is 18.9 Å². The quantitative estimate of drug-likeness (QED) is 0.798. The van der Waals surface area contributed by atoms with Crippen molar-refractivity contribution in [2.45, 2.75) is 6.92 Å². The second-order valence-electron chi connectivity index (χ2n) is 3.09. The van der Waals surface area contributed by atoms with E-state index in [-0.39, 0.29) is 0 Å². The van der Waals surface area contributed by atoms with Crippen molar-refractivity contribution in [1.29, 1.82) is 0 Å². The van der Waals surface area contributed by atoms with Gasteiger partial charge in [0.2, 0.25) is 0 Å². The van der Waals surface area contributed by atoms with E-state index in [0.717, 1.165) is 17.1 Å². The highest BCUT2D eigenvalue weighted by molar-refractivity contribution is 5.49. The molecule has 0 spiro atoms. The van der Waals surface area contributed by atoms with Gasteiger partial charge in [-0.15, -0.1) is 0 Å². The molecule has 0 saturated carbocycles. The monoisotopic (exact) mass is 211 g/mol. The topological polar surface area (TPSA) is 53.7 Å². The van der Waals surface area contributed by atoms with E-state index in [1.165, 1.54) is 0 Å². The van der Waals surface area contributed by atoms with Crippen molar-refractivity contribution in [2.24, 2.45) is 5.73 Å². The fourth-order valence-corrected chi connectivity index (χ4v) is 1.32. The van der Waals surface area contributed by atoms with E-state index < -0.39 is 0 Å². The van der Waals surface area contributed by atoms with Gasteiger partial charge in [0.25, 0.3) is 0 Å². The van der Waals surface area contributed by atoms with Crippen LogP contribution >= 0.6 is 0 Å². The van der Waals surface area contributed by atoms with E-state index in [9.17, 15) is 0 Å². The third kappa shape index (κ3) is 2.76. The van der Waals surface area contributed by atoms with Gasteiger partial charge in [-0.05, 0) is 6.92 Å². The van der Waals surface area contributed by atoms with Crippen LogP contribution in [-0.2, 0) is 0 Å². The maximum atomic E-state index is 5.41. The Kier molecular flexibility index (Phi) is 4.24. The Bertz CT molecular complexity index is 301. The van der Waals surface area contributed by atoms with E-state index >= 15 is 0 Å². The molecule has 0 heterocycles. The first-order valence-corrected chi connectivity index (χ1v) is 4.78. The summed E-state index contributed by atoms with van der Waals surface area (Å²) in [7, 11) is 3.24. The normalized spacial score (nSPS) is 9.87. The Morgan fingerprint density at radius 1 is 1.13 bits per heavy atom. The van der Waals surface area contributed by atoms with Crippen molar-refractivity contribution in [3.05, 3.63) is 17.7 Å². The molecule has 0 aliphatic carbocycles. The molecular formula is C11H17NO3. The minimum absolute atomic E-state index is 0.482. The molecule has 4 heteroatoms. The maximum Gasteiger partial charge on any atom is 0.129 e. The van der Waals surface area contributed by atoms with Gasteiger partial charge in [-0.1, -0.05) is 0 Å². The number of hydrogen-bond acceptors (Lipinski definition) is 4. The number of hydrogen-bond donors (Lipinski definition) is 1. The summed E-state index contributed by atoms with van der Waals surface area (Å²) in [6, 6.07) is 3.65. The third-order valence-corrected chi connectivity index (χ3v) is 2.11. The first-order valence-electron chi connectivity index (χ1n) is 4.78. The number of benzene rings is 1. The van der Waals surface area contributed by atoms with Crippen LogP contribution in [0.1, 0.15) is 5.56 Å². The Morgan fingerprint density at radius 3 is 2.07 bits per heavy atom. The van der Waals surface area contributed by atoms with Gasteiger partial charge in [-0.25, -0.2) is 0 Å². The Balaban J connectivity index is 2.98. The van der Waals surface area contributed by atoms with Crippen molar-refractivity contribution in [3.8, 4) is 17.2 Å². The number of ether oxygens (including phenoxy) is 3. The summed E-state index contributed by atoms with van der Waals surface area (Å²) in [5.74, 6) is 2.21. The van der Waals surface area contributed by atoms with Gasteiger partial charge in [0.1, 0.15) is 23.9 Å². The molecular weight excluding hydrogens is 194 g/mol. The molecule has 15 heavy (non-hydrogen) atoms. The van der Waals surface area contributed by atoms with Gasteiger partial charge >= 0.3 is 0 Å². The van der Waals surface area contributed by atoms with Crippen LogP contribution in [0, 0.1) is 6.92 Å². The molecule has 0 fully saturated rings. The smallest absolute Gasteiger partial charge is 0.129 e. The molecule has 0 aliphatic rings. The average Bonchev–Trinajstić information content (AvgIpc) is 2.27. The second kappa shape index (κ2) is 5.46. The standard InChI is InChI=1S/C11H17NO3/c1-8-10(13-2)6-9(15-5-4-12)7-11(8)14-3/h6-7H,4-5,12H2,1-3H3. The molecule has 2 N–H and O–H groups in total. The summed E-state index contributed by atoms with van der Waals surface area (Å²) in [6.45, 7) is 2.90. The molecule has 0 unspecified atom stereocenters. The fraction of sp³-hybridized carbons (Fsp3) is 0.455. The lowest BCUT2D eigenvalue weighted by atomic mass is 10.2. The number of methoxy groups -OCH3 is 2. The molecule has 0 atom stereocenters. The van der Waals surface area contributed by atoms with Gasteiger partial charge in [-0.3, -0.25) is 0 Å². The first-order chi connectivity index (χ1) is 7.22. The zero-order valence-electron chi connectivity index (χ0n) is 9.37. The molecule has 1 aromatic carbocycles. The first kappa shape index (κ1) is 11.7. The summed E-state index contributed by atoms with van der Waals surface area (Å²) in [5, 5.41) is 0. The van der Waals surface area contributed by atoms with E-state index in [1.54, 1.807) is 14.2 Å². The van der Waals surface area contributed by atoms with Crippen LogP contribution in [0.3, 0.4) is 0 Å². The Morgan fingerprint density at radius 2 is 1.67 bits per heavy atom. The molecule has 4 nitrogen and oxygen atoms in total. The van der Waals surface area contributed by atoms with Gasteiger partial charge in [0.15, 0.2) is 0 Å². The zero-order valence-corrected chi connectivity index (χ0v) is 9.37. The van der Waals surface area contributed by atoms with Crippen LogP contribution < -0.4 is 19.9 Å². The van der Waals surface area contributed by atoms with Crippen LogP contribution in [0.25, 0.3) is 0 Å². The van der Waals surface area contributed by atoms with Crippen molar-refractivity contribution in [1.82, 2.24) is 0 Å². The van der Waals surface area contributed by atoms with Crippen LogP contribution in [0.5, 0.6) is 17.2 Å². The molecule has 0 saturated heterocycles. The molecule has 0 aromatic heterocycles. The molecule has 0 bridgehead atoms. The van der Waals surface area contributed by atoms with Crippen LogP contribution in [-0.4, -0.2) is 27.4 Å². The van der Waals surface area contributed by atoms with Crippen LogP contribution in [0.2, 0.25) is 0 Å². The van der Waals surface area contributed by atoms with E-state index in [4.69, 9.17) is 19.9 Å². The summed E-state index contributed by atoms with van der Waals surface area (Å²) in [4.78, 5) is 0. The van der Waals surface area contributed by atoms with Crippen molar-refractivity contribution >= 4 is 0 Å². The molecule has 0 radical (unpaired) electrons. The van der Waals surface area contributed by atoms with Gasteiger partial charge in [0.05, 0.1) is 14.2 Å². The van der Waals surface area contributed by atoms with E-state index in [1.807, 2.05) is 19.1 Å². The summed E-state index contributed by atoms with van der Waals surface area (Å²) < 4.78 is 15.8. The highest BCUT2D eigenvalue weighted by Crippen LogP contribution is 2.32. The average molecular weight is 211 g/mol. The van der Waals surface area contributed by atoms with Gasteiger partial charge in [-0.2, -0.15) is 0 Å². The molecule has 0 aliphatic heterocycles. The fourth-order valence-electron chi connectivity index (χ4n) is 1.32. The van der Waals surface area contributed by atoms with E-state index in [2.05, 4.69) is 0 Å². The lowest BCUT2D eigenvalue weighted by molar-refractivity contribution is 0.320. The molecule has 0 amide bonds. The van der Waals surface area contributed by atoms with Crippen LogP contribution in [0.15, 0.2) is 12.1 Å². The second-order valence-corrected chi connectivity index (χ2v) is 3.09. The molecule has 1 aromatic rings. The summed E-state index contributed by atoms with van der Waals surface area (Å²) in [5.41, 5.74) is 6.32. The summed E-state index contributed by atoms with van der Waals surface area (Å²) in [6.07, 6.45) is 0. The largest absolute Gasteiger partial charge is 0.496 e. The Hall–Kier alpha value is -1.42. The summed E-state index contributed by atoms with van der Waals surface area (Å²) >= 11 is 0. The third-order valence-electron chi connectivity index (χ3n) is 2.11. The highest BCUT2D eigenvalue weighted by atomic mass is 16.5. The predicted molar refractivity (Wildman–Crippen MR) is 58.8 cm³/mol. The van der Waals surface area contributed by atoms with Crippen LogP contribution in [0.4, 0.5) is 0 Å².